The molecule has 2 aromatic carbocycles. The fourth-order valence-corrected chi connectivity index (χ4v) is 4.86. The second kappa shape index (κ2) is 9.49. The van der Waals surface area contributed by atoms with Gasteiger partial charge in [0, 0.05) is 17.1 Å². The lowest BCUT2D eigenvalue weighted by Gasteiger charge is -2.13. The van der Waals surface area contributed by atoms with Gasteiger partial charge in [0.2, 0.25) is 5.91 Å². The molecule has 0 saturated carbocycles. The average Bonchev–Trinajstić information content (AvgIpc) is 3.29. The highest BCUT2D eigenvalue weighted by molar-refractivity contribution is 7.99. The van der Waals surface area contributed by atoms with E-state index in [0.717, 1.165) is 23.2 Å². The van der Waals surface area contributed by atoms with Crippen LogP contribution in [0.25, 0.3) is 10.9 Å². The van der Waals surface area contributed by atoms with Gasteiger partial charge in [0.1, 0.15) is 0 Å². The van der Waals surface area contributed by atoms with Crippen molar-refractivity contribution < 1.29 is 4.79 Å². The van der Waals surface area contributed by atoms with Crippen LogP contribution >= 0.6 is 23.1 Å². The minimum atomic E-state index is -0.120. The third-order valence-electron chi connectivity index (χ3n) is 5.20. The van der Waals surface area contributed by atoms with Gasteiger partial charge in [-0.3, -0.25) is 14.2 Å². The van der Waals surface area contributed by atoms with Crippen molar-refractivity contribution in [1.29, 1.82) is 0 Å². The van der Waals surface area contributed by atoms with Crippen LogP contribution in [0.1, 0.15) is 16.0 Å². The summed E-state index contributed by atoms with van der Waals surface area (Å²) in [5.41, 5.74) is 3.57. The summed E-state index contributed by atoms with van der Waals surface area (Å²) in [5, 5.41) is 6.17. The zero-order chi connectivity index (χ0) is 21.8. The van der Waals surface area contributed by atoms with E-state index in [1.165, 1.54) is 16.6 Å². The summed E-state index contributed by atoms with van der Waals surface area (Å²) in [7, 11) is 0. The van der Waals surface area contributed by atoms with Crippen molar-refractivity contribution in [2.45, 2.75) is 32.0 Å². The summed E-state index contributed by atoms with van der Waals surface area (Å²) in [4.78, 5) is 31.7. The second-order valence-electron chi connectivity index (χ2n) is 7.28. The Hall–Kier alpha value is -2.90. The van der Waals surface area contributed by atoms with Gasteiger partial charge in [0.15, 0.2) is 5.16 Å². The van der Waals surface area contributed by atoms with Crippen LogP contribution in [0.2, 0.25) is 0 Å². The zero-order valence-electron chi connectivity index (χ0n) is 17.4. The van der Waals surface area contributed by atoms with Gasteiger partial charge in [-0.05, 0) is 61.0 Å². The molecule has 0 fully saturated rings. The number of rotatable bonds is 7. The first-order chi connectivity index (χ1) is 15.0. The number of thiophene rings is 1. The number of amides is 1. The van der Waals surface area contributed by atoms with Crippen LogP contribution < -0.4 is 10.9 Å². The topological polar surface area (TPSA) is 64.0 Å². The molecule has 0 aliphatic heterocycles. The summed E-state index contributed by atoms with van der Waals surface area (Å²) in [6, 6.07) is 17.3. The van der Waals surface area contributed by atoms with E-state index in [-0.39, 0.29) is 17.2 Å². The third kappa shape index (κ3) is 4.89. The largest absolute Gasteiger partial charge is 0.325 e. The zero-order valence-corrected chi connectivity index (χ0v) is 19.1. The maximum atomic E-state index is 13.1. The molecule has 1 N–H and O–H groups in total. The Balaban J connectivity index is 1.56. The van der Waals surface area contributed by atoms with E-state index >= 15 is 0 Å². The normalized spacial score (nSPS) is 11.0. The molecule has 0 bridgehead atoms. The molecule has 4 rings (SSSR count). The number of carbonyl (C=O) groups is 1. The molecular weight excluding hydrogens is 426 g/mol. The van der Waals surface area contributed by atoms with Crippen molar-refractivity contribution in [2.75, 3.05) is 11.1 Å². The molecule has 7 heteroatoms. The van der Waals surface area contributed by atoms with Gasteiger partial charge in [0.25, 0.3) is 5.56 Å². The minimum Gasteiger partial charge on any atom is -0.325 e. The fraction of sp³-hybridized carbons (Fsp3) is 0.208. The highest BCUT2D eigenvalue weighted by Gasteiger charge is 2.14. The Morgan fingerprint density at radius 3 is 2.74 bits per heavy atom. The van der Waals surface area contributed by atoms with E-state index in [2.05, 4.69) is 11.4 Å². The van der Waals surface area contributed by atoms with Crippen LogP contribution in [0.15, 0.2) is 69.9 Å². The van der Waals surface area contributed by atoms with Crippen LogP contribution in [0, 0.1) is 13.8 Å². The molecular formula is C24H23N3O2S2. The van der Waals surface area contributed by atoms with Gasteiger partial charge in [0.05, 0.1) is 16.7 Å². The molecule has 158 valence electrons. The number of anilines is 1. The predicted molar refractivity (Wildman–Crippen MR) is 129 cm³/mol. The quantitative estimate of drug-likeness (QED) is 0.317. The maximum absolute atomic E-state index is 13.1. The van der Waals surface area contributed by atoms with E-state index < -0.39 is 0 Å². The molecule has 0 radical (unpaired) electrons. The van der Waals surface area contributed by atoms with Crippen molar-refractivity contribution in [2.24, 2.45) is 0 Å². The number of nitrogens with zero attached hydrogens (tertiary/aromatic N) is 2. The first kappa shape index (κ1) is 21.3. The number of para-hydroxylation sites is 1. The van der Waals surface area contributed by atoms with Crippen molar-refractivity contribution in [3.8, 4) is 0 Å². The highest BCUT2D eigenvalue weighted by Crippen LogP contribution is 2.21. The highest BCUT2D eigenvalue weighted by atomic mass is 32.2. The number of aryl methyl sites for hydroxylation is 2. The molecule has 0 atom stereocenters. The lowest BCUT2D eigenvalue weighted by Crippen LogP contribution is -2.25. The molecule has 2 aromatic heterocycles. The van der Waals surface area contributed by atoms with E-state index in [4.69, 9.17) is 4.98 Å². The van der Waals surface area contributed by atoms with Crippen LogP contribution in [0.3, 0.4) is 0 Å². The van der Waals surface area contributed by atoms with E-state index in [0.29, 0.717) is 22.6 Å². The number of thioether (sulfide) groups is 1. The number of fused-ring (bicyclic) bond motifs is 1. The van der Waals surface area contributed by atoms with Crippen molar-refractivity contribution in [3.05, 3.63) is 86.3 Å². The van der Waals surface area contributed by atoms with Crippen molar-refractivity contribution in [3.63, 3.8) is 0 Å². The Morgan fingerprint density at radius 1 is 1.10 bits per heavy atom. The molecule has 0 saturated heterocycles. The monoisotopic (exact) mass is 449 g/mol. The van der Waals surface area contributed by atoms with Crippen LogP contribution in [-0.2, 0) is 17.8 Å². The molecule has 0 aliphatic carbocycles. The molecule has 2 heterocycles. The Kier molecular flexibility index (Phi) is 6.53. The van der Waals surface area contributed by atoms with Gasteiger partial charge < -0.3 is 5.32 Å². The van der Waals surface area contributed by atoms with Gasteiger partial charge >= 0.3 is 0 Å². The molecule has 5 nitrogen and oxygen atoms in total. The van der Waals surface area contributed by atoms with Gasteiger partial charge in [-0.2, -0.15) is 0 Å². The lowest BCUT2D eigenvalue weighted by atomic mass is 10.1. The van der Waals surface area contributed by atoms with Crippen LogP contribution in [-0.4, -0.2) is 21.2 Å². The van der Waals surface area contributed by atoms with E-state index in [1.807, 2.05) is 61.7 Å². The van der Waals surface area contributed by atoms with Gasteiger partial charge in [-0.25, -0.2) is 4.98 Å². The van der Waals surface area contributed by atoms with Crippen molar-refractivity contribution in [1.82, 2.24) is 9.55 Å². The number of hydrogen-bond donors (Lipinski definition) is 1. The van der Waals surface area contributed by atoms with Crippen molar-refractivity contribution >= 4 is 45.6 Å². The fourth-order valence-electron chi connectivity index (χ4n) is 3.33. The molecule has 1 amide bonds. The number of benzene rings is 2. The summed E-state index contributed by atoms with van der Waals surface area (Å²) >= 11 is 2.97. The van der Waals surface area contributed by atoms with E-state index in [1.54, 1.807) is 22.0 Å². The Morgan fingerprint density at radius 2 is 1.94 bits per heavy atom. The lowest BCUT2D eigenvalue weighted by molar-refractivity contribution is -0.113. The first-order valence-corrected chi connectivity index (χ1v) is 11.9. The molecule has 31 heavy (non-hydrogen) atoms. The number of nitrogens with one attached hydrogen (secondary N) is 1. The smallest absolute Gasteiger partial charge is 0.262 e. The molecule has 0 unspecified atom stereocenters. The second-order valence-corrected chi connectivity index (χ2v) is 9.26. The van der Waals surface area contributed by atoms with Gasteiger partial charge in [-0.15, -0.1) is 11.3 Å². The molecule has 0 spiro atoms. The average molecular weight is 450 g/mol. The SMILES string of the molecule is Cc1cccc(NC(=O)CSc2nc3ccccc3c(=O)n2CCc2cccs2)c1C. The number of aromatic nitrogens is 2. The Labute approximate surface area is 189 Å². The van der Waals surface area contributed by atoms with E-state index in [9.17, 15) is 9.59 Å². The standard InChI is InChI=1S/C24H23N3O2S2/c1-16-7-5-11-20(17(16)2)25-22(28)15-31-24-26-21-10-4-3-9-19(21)23(29)27(24)13-12-18-8-6-14-30-18/h3-11,14H,12-13,15H2,1-2H3,(H,25,28). The van der Waals surface area contributed by atoms with Crippen LogP contribution in [0.5, 0.6) is 0 Å². The Bertz CT molecular complexity index is 1280. The third-order valence-corrected chi connectivity index (χ3v) is 7.11. The summed E-state index contributed by atoms with van der Waals surface area (Å²) in [5.74, 6) is 0.0582. The minimum absolute atomic E-state index is 0.0698. The summed E-state index contributed by atoms with van der Waals surface area (Å²) in [6.07, 6.45) is 0.750. The van der Waals surface area contributed by atoms with Gasteiger partial charge in [-0.1, -0.05) is 42.1 Å². The first-order valence-electron chi connectivity index (χ1n) is 10.0. The summed E-state index contributed by atoms with van der Waals surface area (Å²) in [6.45, 7) is 4.54. The van der Waals surface area contributed by atoms with Crippen LogP contribution in [0.4, 0.5) is 5.69 Å². The summed E-state index contributed by atoms with van der Waals surface area (Å²) < 4.78 is 1.69. The maximum Gasteiger partial charge on any atom is 0.262 e. The number of hydrogen-bond acceptors (Lipinski definition) is 5. The number of carbonyl (C=O) groups excluding carboxylic acids is 1. The molecule has 4 aromatic rings. The predicted octanol–water partition coefficient (Wildman–Crippen LogP) is 5.05. The molecule has 0 aliphatic rings.